The number of hydrazine groups is 1. The molecule has 0 saturated heterocycles. The van der Waals surface area contributed by atoms with E-state index in [-0.39, 0.29) is 0 Å². The molecular formula is C14H27N5. The van der Waals surface area contributed by atoms with Gasteiger partial charge in [0, 0.05) is 18.5 Å². The van der Waals surface area contributed by atoms with Crippen molar-refractivity contribution in [2.45, 2.75) is 71.4 Å². The van der Waals surface area contributed by atoms with E-state index >= 15 is 0 Å². The van der Waals surface area contributed by atoms with Crippen LogP contribution in [-0.4, -0.2) is 20.8 Å². The summed E-state index contributed by atoms with van der Waals surface area (Å²) in [6.45, 7) is 6.55. The second-order valence-corrected chi connectivity index (χ2v) is 6.06. The van der Waals surface area contributed by atoms with Crippen molar-refractivity contribution in [1.29, 1.82) is 0 Å². The molecule has 0 amide bonds. The van der Waals surface area contributed by atoms with Crippen LogP contribution in [0, 0.1) is 5.41 Å². The maximum atomic E-state index is 5.85. The lowest BCUT2D eigenvalue weighted by Crippen LogP contribution is -2.49. The number of aromatic nitrogens is 3. The predicted molar refractivity (Wildman–Crippen MR) is 76.4 cm³/mol. The summed E-state index contributed by atoms with van der Waals surface area (Å²) in [6, 6.07) is 0.638. The van der Waals surface area contributed by atoms with Crippen LogP contribution in [0.15, 0.2) is 6.33 Å². The van der Waals surface area contributed by atoms with Crippen molar-refractivity contribution in [2.75, 3.05) is 0 Å². The van der Waals surface area contributed by atoms with Gasteiger partial charge in [0.2, 0.25) is 0 Å². The Morgan fingerprint density at radius 3 is 2.63 bits per heavy atom. The van der Waals surface area contributed by atoms with Gasteiger partial charge in [-0.1, -0.05) is 19.8 Å². The molecular weight excluding hydrogens is 238 g/mol. The van der Waals surface area contributed by atoms with Crippen molar-refractivity contribution in [3.8, 4) is 0 Å². The van der Waals surface area contributed by atoms with Crippen molar-refractivity contribution < 1.29 is 0 Å². The fourth-order valence-electron chi connectivity index (χ4n) is 3.51. The molecule has 108 valence electrons. The topological polar surface area (TPSA) is 68.8 Å². The molecule has 0 aliphatic heterocycles. The Morgan fingerprint density at radius 1 is 1.42 bits per heavy atom. The minimum Gasteiger partial charge on any atom is -0.271 e. The molecule has 0 radical (unpaired) electrons. The van der Waals surface area contributed by atoms with Crippen molar-refractivity contribution in [1.82, 2.24) is 20.2 Å². The van der Waals surface area contributed by atoms with E-state index in [1.807, 2.05) is 4.68 Å². The standard InChI is InChI=1S/C14H27N5/c1-4-14(7-5-6-8-14)12(18-15)9-13-16-10-17-19(13)11(2)3/h10-12,18H,4-9,15H2,1-3H3. The molecule has 5 heteroatoms. The van der Waals surface area contributed by atoms with Crippen LogP contribution in [0.5, 0.6) is 0 Å². The molecule has 3 N–H and O–H groups in total. The third-order valence-corrected chi connectivity index (χ3v) is 4.77. The molecule has 1 saturated carbocycles. The van der Waals surface area contributed by atoms with E-state index in [0.717, 1.165) is 12.2 Å². The maximum absolute atomic E-state index is 5.85. The molecule has 1 unspecified atom stereocenters. The summed E-state index contributed by atoms with van der Waals surface area (Å²) in [6.07, 6.45) is 8.88. The number of rotatable bonds is 6. The molecule has 5 nitrogen and oxygen atoms in total. The van der Waals surface area contributed by atoms with Crippen LogP contribution in [0.1, 0.15) is 64.7 Å². The predicted octanol–water partition coefficient (Wildman–Crippen LogP) is 2.20. The summed E-state index contributed by atoms with van der Waals surface area (Å²) in [5.74, 6) is 6.89. The molecule has 1 fully saturated rings. The third kappa shape index (κ3) is 2.82. The Labute approximate surface area is 115 Å². The molecule has 1 heterocycles. The van der Waals surface area contributed by atoms with Crippen molar-refractivity contribution >= 4 is 0 Å². The van der Waals surface area contributed by atoms with Crippen LogP contribution in [0.25, 0.3) is 0 Å². The number of nitrogens with zero attached hydrogens (tertiary/aromatic N) is 3. The number of hydrogen-bond acceptors (Lipinski definition) is 4. The Kier molecular flexibility index (Phi) is 4.58. The molecule has 0 aromatic carbocycles. The first-order chi connectivity index (χ1) is 9.13. The van der Waals surface area contributed by atoms with E-state index in [0.29, 0.717) is 17.5 Å². The highest BCUT2D eigenvalue weighted by atomic mass is 15.3. The van der Waals surface area contributed by atoms with Crippen molar-refractivity contribution in [3.63, 3.8) is 0 Å². The monoisotopic (exact) mass is 265 g/mol. The van der Waals surface area contributed by atoms with E-state index < -0.39 is 0 Å². The van der Waals surface area contributed by atoms with E-state index in [2.05, 4.69) is 36.3 Å². The molecule has 0 bridgehead atoms. The molecule has 0 spiro atoms. The normalized spacial score (nSPS) is 20.1. The Hall–Kier alpha value is -0.940. The van der Waals surface area contributed by atoms with Gasteiger partial charge in [-0.3, -0.25) is 11.3 Å². The molecule has 1 aromatic rings. The first-order valence-electron chi connectivity index (χ1n) is 7.47. The summed E-state index contributed by atoms with van der Waals surface area (Å²) in [5.41, 5.74) is 3.39. The highest BCUT2D eigenvalue weighted by Gasteiger charge is 2.39. The molecule has 19 heavy (non-hydrogen) atoms. The lowest BCUT2D eigenvalue weighted by molar-refractivity contribution is 0.181. The van der Waals surface area contributed by atoms with Crippen LogP contribution < -0.4 is 11.3 Å². The van der Waals surface area contributed by atoms with E-state index in [4.69, 9.17) is 5.84 Å². The average molecular weight is 265 g/mol. The second-order valence-electron chi connectivity index (χ2n) is 6.06. The average Bonchev–Trinajstić information content (AvgIpc) is 3.05. The minimum atomic E-state index is 0.293. The van der Waals surface area contributed by atoms with Crippen LogP contribution >= 0.6 is 0 Å². The fourth-order valence-corrected chi connectivity index (χ4v) is 3.51. The zero-order chi connectivity index (χ0) is 13.9. The van der Waals surface area contributed by atoms with Gasteiger partial charge in [-0.2, -0.15) is 5.10 Å². The van der Waals surface area contributed by atoms with Crippen LogP contribution in [0.4, 0.5) is 0 Å². The molecule has 1 aromatic heterocycles. The molecule has 1 atom stereocenters. The van der Waals surface area contributed by atoms with E-state index in [1.165, 1.54) is 32.1 Å². The van der Waals surface area contributed by atoms with Gasteiger partial charge in [0.1, 0.15) is 12.2 Å². The Morgan fingerprint density at radius 2 is 2.11 bits per heavy atom. The quantitative estimate of drug-likeness (QED) is 0.611. The summed E-state index contributed by atoms with van der Waals surface area (Å²) >= 11 is 0. The number of nitrogens with two attached hydrogens (primary N) is 1. The SMILES string of the molecule is CCC1(C(Cc2ncnn2C(C)C)NN)CCCC1. The van der Waals surface area contributed by atoms with Gasteiger partial charge in [0.15, 0.2) is 0 Å². The first kappa shape index (κ1) is 14.5. The molecule has 2 rings (SSSR count). The lowest BCUT2D eigenvalue weighted by Gasteiger charge is -2.36. The van der Waals surface area contributed by atoms with Crippen LogP contribution in [-0.2, 0) is 6.42 Å². The summed E-state index contributed by atoms with van der Waals surface area (Å²) in [7, 11) is 0. The first-order valence-corrected chi connectivity index (χ1v) is 7.47. The van der Waals surface area contributed by atoms with Gasteiger partial charge in [-0.05, 0) is 38.5 Å². The van der Waals surface area contributed by atoms with Crippen molar-refractivity contribution in [2.24, 2.45) is 11.3 Å². The lowest BCUT2D eigenvalue weighted by atomic mass is 9.75. The van der Waals surface area contributed by atoms with Gasteiger partial charge < -0.3 is 0 Å². The number of hydrogen-bond donors (Lipinski definition) is 2. The van der Waals surface area contributed by atoms with Crippen LogP contribution in [0.3, 0.4) is 0 Å². The Bertz CT molecular complexity index is 392. The van der Waals surface area contributed by atoms with Crippen molar-refractivity contribution in [3.05, 3.63) is 12.2 Å². The maximum Gasteiger partial charge on any atom is 0.138 e. The van der Waals surface area contributed by atoms with Gasteiger partial charge in [-0.25, -0.2) is 9.67 Å². The summed E-state index contributed by atoms with van der Waals surface area (Å²) in [4.78, 5) is 4.42. The van der Waals surface area contributed by atoms with Gasteiger partial charge >= 0.3 is 0 Å². The second kappa shape index (κ2) is 6.01. The van der Waals surface area contributed by atoms with Gasteiger partial charge in [0.05, 0.1) is 0 Å². The highest BCUT2D eigenvalue weighted by molar-refractivity contribution is 5.00. The molecule has 1 aliphatic carbocycles. The Balaban J connectivity index is 2.16. The highest BCUT2D eigenvalue weighted by Crippen LogP contribution is 2.44. The van der Waals surface area contributed by atoms with E-state index in [9.17, 15) is 0 Å². The smallest absolute Gasteiger partial charge is 0.138 e. The summed E-state index contributed by atoms with van der Waals surface area (Å²) in [5, 5.41) is 4.32. The zero-order valence-corrected chi connectivity index (χ0v) is 12.4. The van der Waals surface area contributed by atoms with Gasteiger partial charge in [0.25, 0.3) is 0 Å². The van der Waals surface area contributed by atoms with Crippen LogP contribution in [0.2, 0.25) is 0 Å². The minimum absolute atomic E-state index is 0.293. The zero-order valence-electron chi connectivity index (χ0n) is 12.4. The summed E-state index contributed by atoms with van der Waals surface area (Å²) < 4.78 is 2.00. The van der Waals surface area contributed by atoms with E-state index in [1.54, 1.807) is 6.33 Å². The molecule has 1 aliphatic rings. The van der Waals surface area contributed by atoms with Gasteiger partial charge in [-0.15, -0.1) is 0 Å². The third-order valence-electron chi connectivity index (χ3n) is 4.77. The fraction of sp³-hybridized carbons (Fsp3) is 0.857. The largest absolute Gasteiger partial charge is 0.271 e. The number of nitrogens with one attached hydrogen (secondary N) is 1.